The van der Waals surface area contributed by atoms with E-state index in [1.165, 1.54) is 16.8 Å². The zero-order valence-electron chi connectivity index (χ0n) is 22.7. The third-order valence-corrected chi connectivity index (χ3v) is 7.51. The van der Waals surface area contributed by atoms with Crippen molar-refractivity contribution in [3.8, 4) is 28.3 Å². The number of benzene rings is 4. The second-order valence-corrected chi connectivity index (χ2v) is 10.2. The number of imidazole rings is 2. The summed E-state index contributed by atoms with van der Waals surface area (Å²) in [6.45, 7) is 4.34. The van der Waals surface area contributed by atoms with E-state index in [9.17, 15) is 0 Å². The smallest absolute Gasteiger partial charge is 0.231 e. The van der Waals surface area contributed by atoms with Crippen LogP contribution in [0.5, 0.6) is 0 Å². The van der Waals surface area contributed by atoms with Gasteiger partial charge in [0.05, 0.1) is 29.8 Å². The Morgan fingerprint density at radius 3 is 2.35 bits per heavy atom. The third kappa shape index (κ3) is 4.31. The van der Waals surface area contributed by atoms with Crippen LogP contribution >= 0.6 is 0 Å². The number of aryl methyl sites for hydroxylation is 3. The van der Waals surface area contributed by atoms with Crippen LogP contribution < -0.4 is 9.69 Å². The van der Waals surface area contributed by atoms with Crippen molar-refractivity contribution in [1.29, 1.82) is 0 Å². The molecule has 4 bridgehead atoms. The van der Waals surface area contributed by atoms with Crippen LogP contribution in [0.3, 0.4) is 0 Å². The Morgan fingerprint density at radius 2 is 1.55 bits per heavy atom. The number of fused-ring (bicyclic) bond motifs is 8. The molecule has 0 radical (unpaired) electrons. The van der Waals surface area contributed by atoms with Crippen LogP contribution in [-0.2, 0) is 34.5 Å². The Hall–Kier alpha value is -4.21. The molecule has 7 rings (SSSR count). The molecule has 3 heterocycles. The van der Waals surface area contributed by atoms with E-state index >= 15 is 0 Å². The SMILES string of the molecule is Cc1cccc(C)c1-n1cc2nc1Cc1[c-]c(ccc1)-c1n(C)cc[n+]1N(c1ccccc1)c1ccccc1-2.[Pt]. The number of rotatable bonds is 2. The van der Waals surface area contributed by atoms with Crippen LogP contribution in [0.15, 0.2) is 110 Å². The maximum absolute atomic E-state index is 5.29. The van der Waals surface area contributed by atoms with Crippen molar-refractivity contribution in [2.24, 2.45) is 7.05 Å². The predicted molar refractivity (Wildman–Crippen MR) is 155 cm³/mol. The van der Waals surface area contributed by atoms with Crippen LogP contribution in [0.25, 0.3) is 28.3 Å². The first-order valence-corrected chi connectivity index (χ1v) is 13.3. The van der Waals surface area contributed by atoms with Crippen molar-refractivity contribution < 1.29 is 25.7 Å². The summed E-state index contributed by atoms with van der Waals surface area (Å²) >= 11 is 0. The minimum absolute atomic E-state index is 0. The van der Waals surface area contributed by atoms with Crippen molar-refractivity contribution in [3.05, 3.63) is 138 Å². The number of hydrogen-bond acceptors (Lipinski definition) is 2. The Morgan fingerprint density at radius 1 is 0.825 bits per heavy atom. The van der Waals surface area contributed by atoms with Crippen molar-refractivity contribution in [2.45, 2.75) is 20.3 Å². The molecule has 40 heavy (non-hydrogen) atoms. The average Bonchev–Trinajstić information content (AvgIpc) is 3.53. The Bertz CT molecular complexity index is 1810. The molecule has 0 N–H and O–H groups in total. The molecule has 1 aliphatic rings. The van der Waals surface area contributed by atoms with Gasteiger partial charge in [-0.05, 0) is 43.2 Å². The van der Waals surface area contributed by atoms with E-state index in [0.717, 1.165) is 45.4 Å². The first-order chi connectivity index (χ1) is 19.1. The summed E-state index contributed by atoms with van der Waals surface area (Å²) in [5, 5.41) is 2.27. The maximum atomic E-state index is 5.29. The van der Waals surface area contributed by atoms with Gasteiger partial charge < -0.3 is 4.57 Å². The number of para-hydroxylation sites is 3. The zero-order chi connectivity index (χ0) is 26.5. The molecular formula is C34H29N5Pt. The van der Waals surface area contributed by atoms with E-state index in [4.69, 9.17) is 4.98 Å². The number of anilines is 2. The van der Waals surface area contributed by atoms with Gasteiger partial charge in [-0.1, -0.05) is 60.2 Å². The largest absolute Gasteiger partial charge is 0.302 e. The van der Waals surface area contributed by atoms with Gasteiger partial charge >= 0.3 is 0 Å². The van der Waals surface area contributed by atoms with Gasteiger partial charge in [0.2, 0.25) is 5.82 Å². The molecule has 0 unspecified atom stereocenters. The van der Waals surface area contributed by atoms with Crippen LogP contribution in [0.4, 0.5) is 11.4 Å². The molecule has 6 aromatic rings. The van der Waals surface area contributed by atoms with Crippen LogP contribution in [0, 0.1) is 19.9 Å². The van der Waals surface area contributed by atoms with Crippen molar-refractivity contribution in [3.63, 3.8) is 0 Å². The second kappa shape index (κ2) is 10.4. The fourth-order valence-electron chi connectivity index (χ4n) is 5.74. The molecule has 0 spiro atoms. The van der Waals surface area contributed by atoms with E-state index in [1.54, 1.807) is 0 Å². The first kappa shape index (κ1) is 26.0. The van der Waals surface area contributed by atoms with Crippen molar-refractivity contribution >= 4 is 11.4 Å². The van der Waals surface area contributed by atoms with E-state index in [-0.39, 0.29) is 21.1 Å². The minimum Gasteiger partial charge on any atom is -0.302 e. The normalized spacial score (nSPS) is 12.0. The predicted octanol–water partition coefficient (Wildman–Crippen LogP) is 6.75. The molecule has 0 saturated heterocycles. The average molecular weight is 703 g/mol. The molecule has 2 aromatic heterocycles. The molecule has 0 fully saturated rings. The topological polar surface area (TPSA) is 29.9 Å². The van der Waals surface area contributed by atoms with E-state index in [0.29, 0.717) is 6.42 Å². The molecule has 0 aliphatic carbocycles. The third-order valence-electron chi connectivity index (χ3n) is 7.51. The molecular weight excluding hydrogens is 673 g/mol. The van der Waals surface area contributed by atoms with Crippen LogP contribution in [0.2, 0.25) is 0 Å². The van der Waals surface area contributed by atoms with Crippen molar-refractivity contribution in [2.75, 3.05) is 5.01 Å². The molecule has 1 aliphatic heterocycles. The summed E-state index contributed by atoms with van der Waals surface area (Å²) in [5.74, 6) is 2.04. The monoisotopic (exact) mass is 702 g/mol. The summed E-state index contributed by atoms with van der Waals surface area (Å²) in [6.07, 6.45) is 7.09. The minimum atomic E-state index is 0. The Labute approximate surface area is 249 Å². The summed E-state index contributed by atoms with van der Waals surface area (Å²) in [6, 6.07) is 35.6. The van der Waals surface area contributed by atoms with Crippen molar-refractivity contribution in [1.82, 2.24) is 14.1 Å². The molecule has 0 saturated carbocycles. The van der Waals surface area contributed by atoms with E-state index < -0.39 is 0 Å². The fraction of sp³-hybridized carbons (Fsp3) is 0.118. The van der Waals surface area contributed by atoms with E-state index in [1.807, 2.05) is 0 Å². The maximum Gasteiger partial charge on any atom is 0.231 e. The van der Waals surface area contributed by atoms with Gasteiger partial charge in [-0.2, -0.15) is 9.69 Å². The molecule has 5 nitrogen and oxygen atoms in total. The molecule has 0 atom stereocenters. The quantitative estimate of drug-likeness (QED) is 0.148. The first-order valence-electron chi connectivity index (χ1n) is 13.3. The van der Waals surface area contributed by atoms with Gasteiger partial charge in [-0.3, -0.25) is 4.57 Å². The molecule has 200 valence electrons. The Kier molecular flexibility index (Phi) is 6.77. The summed E-state index contributed by atoms with van der Waals surface area (Å²) < 4.78 is 6.66. The van der Waals surface area contributed by atoms with Crippen LogP contribution in [0.1, 0.15) is 22.5 Å². The van der Waals surface area contributed by atoms with Gasteiger partial charge in [-0.15, -0.1) is 29.8 Å². The number of hydrogen-bond donors (Lipinski definition) is 0. The van der Waals surface area contributed by atoms with E-state index in [2.05, 4.69) is 155 Å². The summed E-state index contributed by atoms with van der Waals surface area (Å²) in [5.41, 5.74) is 9.90. The van der Waals surface area contributed by atoms with Gasteiger partial charge in [0, 0.05) is 39.2 Å². The summed E-state index contributed by atoms with van der Waals surface area (Å²) in [7, 11) is 2.09. The number of aromatic nitrogens is 4. The standard InChI is InChI=1S/C34H29N5.Pt/c1-24-11-9-12-25(2)33(24)37-23-30-29-17-7-8-18-31(29)39(28-15-5-4-6-16-28)38-20-19-36(3)34(38)27-14-10-13-26(21-27)22-32(37)35-30;/h4-20,23H,22H2,1-3H3;. The molecule has 6 heteroatoms. The van der Waals surface area contributed by atoms with Gasteiger partial charge in [0.15, 0.2) is 0 Å². The van der Waals surface area contributed by atoms with Gasteiger partial charge in [0.25, 0.3) is 0 Å². The molecule has 0 amide bonds. The zero-order valence-corrected chi connectivity index (χ0v) is 24.9. The Balaban J connectivity index is 0.00000289. The molecule has 4 aromatic carbocycles. The number of nitrogens with zero attached hydrogens (tertiary/aromatic N) is 5. The van der Waals surface area contributed by atoms with Crippen LogP contribution in [-0.4, -0.2) is 14.1 Å². The summed E-state index contributed by atoms with van der Waals surface area (Å²) in [4.78, 5) is 5.29. The second-order valence-electron chi connectivity index (χ2n) is 10.2. The fourth-order valence-corrected chi connectivity index (χ4v) is 5.74. The van der Waals surface area contributed by atoms with Gasteiger partial charge in [-0.25, -0.2) is 4.98 Å². The van der Waals surface area contributed by atoms with Gasteiger partial charge in [0.1, 0.15) is 18.2 Å².